The first-order valence-corrected chi connectivity index (χ1v) is 9.55. The van der Waals surface area contributed by atoms with E-state index in [2.05, 4.69) is 15.6 Å². The molecule has 1 aromatic heterocycles. The minimum absolute atomic E-state index is 0.0360. The van der Waals surface area contributed by atoms with Crippen molar-refractivity contribution < 1.29 is 13.2 Å². The summed E-state index contributed by atoms with van der Waals surface area (Å²) in [5.41, 5.74) is 0. The fourth-order valence-corrected chi connectivity index (χ4v) is 4.66. The first-order chi connectivity index (χ1) is 11.1. The number of carbonyl (C=O) groups is 1. The lowest BCUT2D eigenvalue weighted by Gasteiger charge is -2.31. The highest BCUT2D eigenvalue weighted by molar-refractivity contribution is 7.90. The average Bonchev–Trinajstić information content (AvgIpc) is 3.27. The number of nitrogens with zero attached hydrogens (tertiary/aromatic N) is 3. The summed E-state index contributed by atoms with van der Waals surface area (Å²) in [7, 11) is -3.08. The number of hydrogen-bond acceptors (Lipinski definition) is 4. The van der Waals surface area contributed by atoms with E-state index in [-0.39, 0.29) is 17.3 Å². The van der Waals surface area contributed by atoms with Gasteiger partial charge in [0.05, 0.1) is 11.6 Å². The second kappa shape index (κ2) is 6.88. The van der Waals surface area contributed by atoms with Gasteiger partial charge in [-0.05, 0) is 25.7 Å². The van der Waals surface area contributed by atoms with Gasteiger partial charge in [-0.1, -0.05) is 0 Å². The maximum atomic E-state index is 12.1. The molecule has 0 aromatic carbocycles. The Kier molecular flexibility index (Phi) is 4.86. The van der Waals surface area contributed by atoms with Crippen LogP contribution in [0.4, 0.5) is 4.79 Å². The van der Waals surface area contributed by atoms with Crippen molar-refractivity contribution in [1.82, 2.24) is 24.5 Å². The number of piperidine rings is 1. The van der Waals surface area contributed by atoms with Crippen LogP contribution in [0.25, 0.3) is 0 Å². The van der Waals surface area contributed by atoms with Gasteiger partial charge in [-0.3, -0.25) is 0 Å². The van der Waals surface area contributed by atoms with E-state index in [0.717, 1.165) is 12.8 Å². The summed E-state index contributed by atoms with van der Waals surface area (Å²) in [6, 6.07) is -0.164. The summed E-state index contributed by atoms with van der Waals surface area (Å²) in [5.74, 6) is 0. The highest BCUT2D eigenvalue weighted by atomic mass is 32.2. The number of nitrogens with one attached hydrogen (secondary N) is 2. The summed E-state index contributed by atoms with van der Waals surface area (Å²) in [5, 5.41) is 5.57. The average molecular weight is 341 g/mol. The second-order valence-electron chi connectivity index (χ2n) is 6.12. The van der Waals surface area contributed by atoms with Crippen LogP contribution in [0, 0.1) is 0 Å². The van der Waals surface area contributed by atoms with Crippen molar-refractivity contribution in [2.45, 2.75) is 43.5 Å². The molecule has 0 radical (unpaired) electrons. The van der Waals surface area contributed by atoms with Gasteiger partial charge >= 0.3 is 6.03 Å². The lowest BCUT2D eigenvalue weighted by molar-refractivity contribution is 0.227. The monoisotopic (exact) mass is 341 g/mol. The first kappa shape index (κ1) is 16.3. The fraction of sp³-hybridized carbons (Fsp3) is 0.714. The van der Waals surface area contributed by atoms with E-state index in [1.807, 2.05) is 10.8 Å². The van der Waals surface area contributed by atoms with Gasteiger partial charge in [-0.2, -0.15) is 0 Å². The molecule has 0 unspecified atom stereocenters. The Morgan fingerprint density at radius 3 is 2.57 bits per heavy atom. The molecule has 8 nitrogen and oxygen atoms in total. The summed E-state index contributed by atoms with van der Waals surface area (Å²) >= 11 is 0. The van der Waals surface area contributed by atoms with Crippen molar-refractivity contribution >= 4 is 16.1 Å². The van der Waals surface area contributed by atoms with Gasteiger partial charge in [0.15, 0.2) is 0 Å². The molecule has 1 aromatic rings. The zero-order valence-corrected chi connectivity index (χ0v) is 13.8. The molecule has 2 fully saturated rings. The number of rotatable bonds is 6. The number of aromatic nitrogens is 2. The van der Waals surface area contributed by atoms with Crippen LogP contribution in [-0.4, -0.2) is 59.2 Å². The summed E-state index contributed by atoms with van der Waals surface area (Å²) < 4.78 is 27.8. The predicted octanol–water partition coefficient (Wildman–Crippen LogP) is 0.139. The Labute approximate surface area is 136 Å². The largest absolute Gasteiger partial charge is 0.336 e. The number of amides is 2. The lowest BCUT2D eigenvalue weighted by Crippen LogP contribution is -2.49. The number of hydrogen-bond donors (Lipinski definition) is 2. The Hall–Kier alpha value is -1.61. The van der Waals surface area contributed by atoms with Crippen LogP contribution < -0.4 is 10.6 Å². The SMILES string of the molecule is O=C(NCCn1ccnc1)NC1CCN(S(=O)(=O)C2CC2)CC1. The molecule has 2 heterocycles. The van der Waals surface area contributed by atoms with Crippen LogP contribution >= 0.6 is 0 Å². The molecule has 1 aliphatic carbocycles. The summed E-state index contributed by atoms with van der Waals surface area (Å²) in [6.45, 7) is 2.19. The number of imidazole rings is 1. The quantitative estimate of drug-likeness (QED) is 0.769. The van der Waals surface area contributed by atoms with Crippen molar-refractivity contribution in [3.05, 3.63) is 18.7 Å². The van der Waals surface area contributed by atoms with Crippen molar-refractivity contribution in [2.24, 2.45) is 0 Å². The summed E-state index contributed by atoms with van der Waals surface area (Å²) in [6.07, 6.45) is 8.16. The van der Waals surface area contributed by atoms with Gasteiger partial charge in [0, 0.05) is 44.6 Å². The fourth-order valence-electron chi connectivity index (χ4n) is 2.79. The highest BCUT2D eigenvalue weighted by Crippen LogP contribution is 2.32. The van der Waals surface area contributed by atoms with Gasteiger partial charge in [0.1, 0.15) is 0 Å². The predicted molar refractivity (Wildman–Crippen MR) is 85.3 cm³/mol. The van der Waals surface area contributed by atoms with E-state index in [9.17, 15) is 13.2 Å². The molecule has 9 heteroatoms. The van der Waals surface area contributed by atoms with Crippen molar-refractivity contribution in [2.75, 3.05) is 19.6 Å². The maximum absolute atomic E-state index is 12.1. The van der Waals surface area contributed by atoms with E-state index in [1.165, 1.54) is 0 Å². The molecule has 1 saturated carbocycles. The first-order valence-electron chi connectivity index (χ1n) is 8.05. The van der Waals surface area contributed by atoms with Crippen LogP contribution in [0.3, 0.4) is 0 Å². The Morgan fingerprint density at radius 2 is 1.96 bits per heavy atom. The molecule has 3 rings (SSSR count). The molecule has 0 bridgehead atoms. The van der Waals surface area contributed by atoms with Crippen LogP contribution in [0.5, 0.6) is 0 Å². The second-order valence-corrected chi connectivity index (χ2v) is 8.33. The van der Waals surface area contributed by atoms with Gasteiger partial charge in [-0.25, -0.2) is 22.5 Å². The van der Waals surface area contributed by atoms with E-state index < -0.39 is 10.0 Å². The maximum Gasteiger partial charge on any atom is 0.315 e. The van der Waals surface area contributed by atoms with Crippen molar-refractivity contribution in [3.8, 4) is 0 Å². The van der Waals surface area contributed by atoms with Gasteiger partial charge in [-0.15, -0.1) is 0 Å². The van der Waals surface area contributed by atoms with Crippen LogP contribution in [0.1, 0.15) is 25.7 Å². The zero-order valence-electron chi connectivity index (χ0n) is 13.0. The number of sulfonamides is 1. The number of urea groups is 1. The molecule has 1 saturated heterocycles. The molecule has 23 heavy (non-hydrogen) atoms. The minimum Gasteiger partial charge on any atom is -0.336 e. The van der Waals surface area contributed by atoms with E-state index in [0.29, 0.717) is 39.0 Å². The third kappa shape index (κ3) is 4.23. The summed E-state index contributed by atoms with van der Waals surface area (Å²) in [4.78, 5) is 15.8. The van der Waals surface area contributed by atoms with Crippen molar-refractivity contribution in [3.63, 3.8) is 0 Å². The van der Waals surface area contributed by atoms with Crippen LogP contribution in [0.2, 0.25) is 0 Å². The van der Waals surface area contributed by atoms with Gasteiger partial charge in [0.25, 0.3) is 0 Å². The van der Waals surface area contributed by atoms with Gasteiger partial charge in [0.2, 0.25) is 10.0 Å². The molecule has 2 amide bonds. The minimum atomic E-state index is -3.08. The molecule has 128 valence electrons. The standard InChI is InChI=1S/C14H23N5O3S/c20-14(16-6-10-18-9-5-15-11-18)17-12-3-7-19(8-4-12)23(21,22)13-1-2-13/h5,9,11-13H,1-4,6-8,10H2,(H2,16,17,20). The Morgan fingerprint density at radius 1 is 1.22 bits per heavy atom. The molecule has 1 aliphatic heterocycles. The van der Waals surface area contributed by atoms with E-state index in [1.54, 1.807) is 16.8 Å². The Balaban J connectivity index is 1.36. The molecular formula is C14H23N5O3S. The van der Waals surface area contributed by atoms with Crippen LogP contribution in [-0.2, 0) is 16.6 Å². The molecule has 0 atom stereocenters. The topological polar surface area (TPSA) is 96.3 Å². The van der Waals surface area contributed by atoms with E-state index >= 15 is 0 Å². The lowest BCUT2D eigenvalue weighted by atomic mass is 10.1. The molecule has 0 spiro atoms. The number of carbonyl (C=O) groups excluding carboxylic acids is 1. The highest BCUT2D eigenvalue weighted by Gasteiger charge is 2.41. The van der Waals surface area contributed by atoms with Crippen LogP contribution in [0.15, 0.2) is 18.7 Å². The zero-order chi connectivity index (χ0) is 16.3. The molecular weight excluding hydrogens is 318 g/mol. The van der Waals surface area contributed by atoms with Gasteiger partial charge < -0.3 is 15.2 Å². The normalized spacial score (nSPS) is 20.3. The smallest absolute Gasteiger partial charge is 0.315 e. The third-order valence-electron chi connectivity index (χ3n) is 4.31. The molecule has 2 aliphatic rings. The van der Waals surface area contributed by atoms with E-state index in [4.69, 9.17) is 0 Å². The molecule has 2 N–H and O–H groups in total. The third-order valence-corrected chi connectivity index (χ3v) is 6.71. The Bertz CT molecular complexity index is 619. The van der Waals surface area contributed by atoms with Crippen molar-refractivity contribution in [1.29, 1.82) is 0 Å².